The average Bonchev–Trinajstić information content (AvgIpc) is 2.28. The molecule has 0 aliphatic heterocycles. The largest absolute Gasteiger partial charge is 0.351 e. The monoisotopic (exact) mass is 224 g/mol. The van der Waals surface area contributed by atoms with Crippen molar-refractivity contribution in [2.45, 2.75) is 13.5 Å². The van der Waals surface area contributed by atoms with Crippen molar-refractivity contribution in [1.29, 1.82) is 5.26 Å². The Bertz CT molecular complexity index is 440. The molecule has 0 radical (unpaired) electrons. The number of amides is 1. The van der Waals surface area contributed by atoms with Crippen LogP contribution in [0.5, 0.6) is 0 Å². The van der Waals surface area contributed by atoms with E-state index in [0.29, 0.717) is 0 Å². The number of carbonyl (C=O) groups excluding carboxylic acids is 1. The van der Waals surface area contributed by atoms with E-state index in [1.807, 2.05) is 0 Å². The van der Waals surface area contributed by atoms with Crippen molar-refractivity contribution in [2.24, 2.45) is 5.92 Å². The molecule has 0 aliphatic carbocycles. The molecular weight excluding hydrogens is 214 g/mol. The first kappa shape index (κ1) is 12.1. The maximum atomic E-state index is 13.1. The van der Waals surface area contributed by atoms with Gasteiger partial charge in [0.05, 0.1) is 6.07 Å². The molecule has 0 spiro atoms. The lowest BCUT2D eigenvalue weighted by atomic mass is 10.1. The fraction of sp³-hybridized carbons (Fsp3) is 0.273. The minimum Gasteiger partial charge on any atom is -0.351 e. The highest BCUT2D eigenvalue weighted by Crippen LogP contribution is 2.09. The van der Waals surface area contributed by atoms with Crippen LogP contribution in [0.2, 0.25) is 0 Å². The summed E-state index contributed by atoms with van der Waals surface area (Å²) in [5.41, 5.74) is 0.0542. The zero-order valence-corrected chi connectivity index (χ0v) is 8.63. The second-order valence-electron chi connectivity index (χ2n) is 3.30. The summed E-state index contributed by atoms with van der Waals surface area (Å²) in [6.07, 6.45) is 0. The van der Waals surface area contributed by atoms with Crippen LogP contribution in [0, 0.1) is 28.9 Å². The van der Waals surface area contributed by atoms with E-state index in [4.69, 9.17) is 5.26 Å². The van der Waals surface area contributed by atoms with E-state index < -0.39 is 23.5 Å². The molecule has 16 heavy (non-hydrogen) atoms. The number of hydrogen-bond donors (Lipinski definition) is 1. The smallest absolute Gasteiger partial charge is 0.237 e. The molecule has 0 saturated heterocycles. The lowest BCUT2D eigenvalue weighted by Gasteiger charge is -2.07. The van der Waals surface area contributed by atoms with Gasteiger partial charge < -0.3 is 5.32 Å². The molecule has 0 heterocycles. The minimum atomic E-state index is -0.809. The Morgan fingerprint density at radius 3 is 2.88 bits per heavy atom. The first-order valence-electron chi connectivity index (χ1n) is 4.66. The van der Waals surface area contributed by atoms with Crippen molar-refractivity contribution in [1.82, 2.24) is 5.32 Å². The van der Waals surface area contributed by atoms with E-state index >= 15 is 0 Å². The molecule has 1 aromatic carbocycles. The van der Waals surface area contributed by atoms with Gasteiger partial charge in [0.25, 0.3) is 0 Å². The van der Waals surface area contributed by atoms with E-state index in [2.05, 4.69) is 5.32 Å². The average molecular weight is 224 g/mol. The molecule has 1 amide bonds. The van der Waals surface area contributed by atoms with Gasteiger partial charge in [-0.15, -0.1) is 0 Å². The Morgan fingerprint density at radius 1 is 1.56 bits per heavy atom. The number of nitrogens with one attached hydrogen (secondary N) is 1. The molecule has 1 aromatic rings. The molecule has 84 valence electrons. The minimum absolute atomic E-state index is 0.0542. The van der Waals surface area contributed by atoms with Crippen LogP contribution < -0.4 is 5.32 Å². The Labute approximate surface area is 91.7 Å². The van der Waals surface area contributed by atoms with Gasteiger partial charge in [-0.3, -0.25) is 4.79 Å². The van der Waals surface area contributed by atoms with Gasteiger partial charge in [-0.2, -0.15) is 5.26 Å². The quantitative estimate of drug-likeness (QED) is 0.850. The zero-order chi connectivity index (χ0) is 12.1. The molecule has 0 fully saturated rings. The van der Waals surface area contributed by atoms with Crippen LogP contribution in [-0.4, -0.2) is 5.91 Å². The molecule has 1 N–H and O–H groups in total. The maximum absolute atomic E-state index is 13.1. The van der Waals surface area contributed by atoms with Gasteiger partial charge >= 0.3 is 0 Å². The standard InChI is InChI=1S/C11H10F2N2O/c1-7(5-14)11(16)15-6-8-4-9(12)2-3-10(8)13/h2-4,7H,6H2,1H3,(H,15,16). The molecule has 1 atom stereocenters. The molecule has 3 nitrogen and oxygen atoms in total. The third-order valence-electron chi connectivity index (χ3n) is 2.05. The highest BCUT2D eigenvalue weighted by Gasteiger charge is 2.12. The fourth-order valence-electron chi connectivity index (χ4n) is 1.07. The number of rotatable bonds is 3. The van der Waals surface area contributed by atoms with Gasteiger partial charge in [-0.05, 0) is 25.1 Å². The topological polar surface area (TPSA) is 52.9 Å². The number of hydrogen-bond acceptors (Lipinski definition) is 2. The predicted octanol–water partition coefficient (Wildman–Crippen LogP) is 1.74. The summed E-state index contributed by atoms with van der Waals surface area (Å²) in [6.45, 7) is 1.30. The van der Waals surface area contributed by atoms with Gasteiger partial charge in [0.1, 0.15) is 17.6 Å². The van der Waals surface area contributed by atoms with Crippen molar-refractivity contribution in [3.63, 3.8) is 0 Å². The third kappa shape index (κ3) is 3.02. The van der Waals surface area contributed by atoms with Gasteiger partial charge in [-0.1, -0.05) is 0 Å². The van der Waals surface area contributed by atoms with E-state index in [0.717, 1.165) is 18.2 Å². The predicted molar refractivity (Wildman–Crippen MR) is 53.0 cm³/mol. The van der Waals surface area contributed by atoms with Crippen LogP contribution in [0.3, 0.4) is 0 Å². The highest BCUT2D eigenvalue weighted by molar-refractivity contribution is 5.80. The van der Waals surface area contributed by atoms with Crippen LogP contribution in [0.15, 0.2) is 18.2 Å². The second-order valence-corrected chi connectivity index (χ2v) is 3.30. The molecule has 1 unspecified atom stereocenters. The Kier molecular flexibility index (Phi) is 3.95. The zero-order valence-electron chi connectivity index (χ0n) is 8.63. The highest BCUT2D eigenvalue weighted by atomic mass is 19.1. The summed E-state index contributed by atoms with van der Waals surface area (Å²) in [5, 5.41) is 10.8. The molecule has 0 aliphatic rings. The number of halogens is 2. The van der Waals surface area contributed by atoms with Crippen molar-refractivity contribution in [3.05, 3.63) is 35.4 Å². The molecule has 1 rings (SSSR count). The molecule has 0 aromatic heterocycles. The van der Waals surface area contributed by atoms with Crippen molar-refractivity contribution in [2.75, 3.05) is 0 Å². The van der Waals surface area contributed by atoms with Crippen LogP contribution in [0.25, 0.3) is 0 Å². The lowest BCUT2D eigenvalue weighted by Crippen LogP contribution is -2.28. The van der Waals surface area contributed by atoms with Gasteiger partial charge in [0, 0.05) is 12.1 Å². The summed E-state index contributed by atoms with van der Waals surface area (Å²) in [6, 6.07) is 4.74. The molecule has 0 saturated carbocycles. The Balaban J connectivity index is 2.65. The van der Waals surface area contributed by atoms with Crippen molar-refractivity contribution >= 4 is 5.91 Å². The van der Waals surface area contributed by atoms with Crippen LogP contribution >= 0.6 is 0 Å². The maximum Gasteiger partial charge on any atom is 0.237 e. The fourth-order valence-corrected chi connectivity index (χ4v) is 1.07. The summed E-state index contributed by atoms with van der Waals surface area (Å²) in [7, 11) is 0. The van der Waals surface area contributed by atoms with E-state index in [1.165, 1.54) is 6.92 Å². The van der Waals surface area contributed by atoms with Crippen molar-refractivity contribution in [3.8, 4) is 6.07 Å². The Hall–Kier alpha value is -1.96. The van der Waals surface area contributed by atoms with Gasteiger partial charge in [0.15, 0.2) is 0 Å². The number of nitriles is 1. The van der Waals surface area contributed by atoms with Crippen LogP contribution in [0.4, 0.5) is 8.78 Å². The van der Waals surface area contributed by atoms with Crippen LogP contribution in [0.1, 0.15) is 12.5 Å². The number of nitrogens with zero attached hydrogens (tertiary/aromatic N) is 1. The van der Waals surface area contributed by atoms with Crippen LogP contribution in [-0.2, 0) is 11.3 Å². The molecule has 0 bridgehead atoms. The summed E-state index contributed by atoms with van der Waals surface area (Å²) in [4.78, 5) is 11.2. The second kappa shape index (κ2) is 5.21. The lowest BCUT2D eigenvalue weighted by molar-refractivity contribution is -0.123. The van der Waals surface area contributed by atoms with E-state index in [1.54, 1.807) is 6.07 Å². The van der Waals surface area contributed by atoms with Crippen molar-refractivity contribution < 1.29 is 13.6 Å². The summed E-state index contributed by atoms with van der Waals surface area (Å²) in [5.74, 6) is -2.48. The normalized spacial score (nSPS) is 11.6. The van der Waals surface area contributed by atoms with Gasteiger partial charge in [0.2, 0.25) is 5.91 Å². The van der Waals surface area contributed by atoms with E-state index in [-0.39, 0.29) is 12.1 Å². The molecule has 5 heteroatoms. The first-order chi connectivity index (χ1) is 7.54. The Morgan fingerprint density at radius 2 is 2.25 bits per heavy atom. The first-order valence-corrected chi connectivity index (χ1v) is 4.66. The SMILES string of the molecule is CC(C#N)C(=O)NCc1cc(F)ccc1F. The number of carbonyl (C=O) groups is 1. The molecular formula is C11H10F2N2O. The summed E-state index contributed by atoms with van der Waals surface area (Å²) < 4.78 is 25.9. The third-order valence-corrected chi connectivity index (χ3v) is 2.05. The summed E-state index contributed by atoms with van der Waals surface area (Å²) >= 11 is 0. The van der Waals surface area contributed by atoms with Gasteiger partial charge in [-0.25, -0.2) is 8.78 Å². The number of benzene rings is 1. The van der Waals surface area contributed by atoms with E-state index in [9.17, 15) is 13.6 Å².